The van der Waals surface area contributed by atoms with Crippen molar-refractivity contribution in [1.82, 2.24) is 19.5 Å². The van der Waals surface area contributed by atoms with E-state index in [1.165, 1.54) is 18.4 Å². The number of fused-ring (bicyclic) bond motifs is 1. The number of aliphatic hydroxyl groups is 1. The molecule has 0 unspecified atom stereocenters. The number of pyridine rings is 2. The Morgan fingerprint density at radius 2 is 1.80 bits per heavy atom. The maximum atomic E-state index is 9.98. The first-order valence-corrected chi connectivity index (χ1v) is 12.4. The molecule has 0 saturated heterocycles. The first-order valence-electron chi connectivity index (χ1n) is 12.4. The number of aliphatic hydroxyl groups excluding tert-OH is 1. The summed E-state index contributed by atoms with van der Waals surface area (Å²) in [5.41, 5.74) is 5.92. The molecule has 0 atom stereocenters. The minimum absolute atomic E-state index is 0.180. The van der Waals surface area contributed by atoms with Crippen molar-refractivity contribution < 1.29 is 5.11 Å². The normalized spacial score (nSPS) is 20.0. The number of hydrogen-bond donors (Lipinski definition) is 2. The number of rotatable bonds is 5. The fourth-order valence-corrected chi connectivity index (χ4v) is 5.27. The molecule has 6 rings (SSSR count). The topological polar surface area (TPSA) is 99.7 Å². The van der Waals surface area contributed by atoms with Crippen LogP contribution in [0.25, 0.3) is 22.3 Å². The summed E-state index contributed by atoms with van der Waals surface area (Å²) < 4.78 is 2.35. The zero-order valence-electron chi connectivity index (χ0n) is 19.8. The molecule has 0 amide bonds. The number of aryl methyl sites for hydroxylation is 1. The Labute approximate surface area is 204 Å². The van der Waals surface area contributed by atoms with Crippen molar-refractivity contribution in [2.45, 2.75) is 63.5 Å². The quantitative estimate of drug-likeness (QED) is 0.389. The summed E-state index contributed by atoms with van der Waals surface area (Å²) in [5, 5.41) is 22.5. The van der Waals surface area contributed by atoms with Crippen molar-refractivity contribution in [3.63, 3.8) is 0 Å². The summed E-state index contributed by atoms with van der Waals surface area (Å²) in [6.45, 7) is 2.07. The first-order chi connectivity index (χ1) is 17.1. The second kappa shape index (κ2) is 8.79. The molecule has 1 aromatic carbocycles. The van der Waals surface area contributed by atoms with Crippen LogP contribution in [-0.2, 0) is 0 Å². The van der Waals surface area contributed by atoms with Crippen LogP contribution in [0.4, 0.5) is 11.6 Å². The van der Waals surface area contributed by atoms with Crippen LogP contribution < -0.4 is 5.32 Å². The predicted octanol–water partition coefficient (Wildman–Crippen LogP) is 5.77. The molecular formula is C28H28N6O. The maximum Gasteiger partial charge on any atom is 0.132 e. The second-order valence-electron chi connectivity index (χ2n) is 9.81. The standard InChI is InChI=1S/C28H28N6O/c1-17-31-24-9-4-20(14-26(24)34(17)22-5-7-23(35)8-6-22)25-13-21(19-2-3-19)15-28(32-25)33-27-12-18(16-29)10-11-30-27/h4,9-15,19,22-23,35H,2-3,5-8H2,1H3,(H,30,32,33). The van der Waals surface area contributed by atoms with E-state index in [2.05, 4.69) is 58.2 Å². The van der Waals surface area contributed by atoms with Gasteiger partial charge < -0.3 is 15.0 Å². The van der Waals surface area contributed by atoms with E-state index in [9.17, 15) is 10.4 Å². The highest BCUT2D eigenvalue weighted by molar-refractivity contribution is 5.82. The molecule has 3 heterocycles. The molecule has 0 radical (unpaired) electrons. The van der Waals surface area contributed by atoms with Crippen molar-refractivity contribution in [1.29, 1.82) is 5.26 Å². The monoisotopic (exact) mass is 464 g/mol. The van der Waals surface area contributed by atoms with Crippen molar-refractivity contribution in [2.24, 2.45) is 0 Å². The van der Waals surface area contributed by atoms with E-state index in [0.29, 0.717) is 23.3 Å². The lowest BCUT2D eigenvalue weighted by Crippen LogP contribution is -2.21. The van der Waals surface area contributed by atoms with E-state index in [4.69, 9.17) is 9.97 Å². The van der Waals surface area contributed by atoms with E-state index in [-0.39, 0.29) is 6.10 Å². The number of nitrogens with one attached hydrogen (secondary N) is 1. The molecule has 0 spiro atoms. The van der Waals surface area contributed by atoms with Gasteiger partial charge in [-0.1, -0.05) is 6.07 Å². The lowest BCUT2D eigenvalue weighted by atomic mass is 9.92. The Bertz CT molecular complexity index is 1440. The maximum absolute atomic E-state index is 9.98. The molecule has 176 valence electrons. The molecule has 2 aliphatic carbocycles. The summed E-state index contributed by atoms with van der Waals surface area (Å²) in [4.78, 5) is 14.1. The van der Waals surface area contributed by atoms with Crippen LogP contribution in [0.2, 0.25) is 0 Å². The largest absolute Gasteiger partial charge is 0.393 e. The minimum atomic E-state index is -0.180. The fraction of sp³-hybridized carbons (Fsp3) is 0.357. The molecule has 35 heavy (non-hydrogen) atoms. The van der Waals surface area contributed by atoms with Crippen LogP contribution in [0.5, 0.6) is 0 Å². The lowest BCUT2D eigenvalue weighted by Gasteiger charge is -2.28. The van der Waals surface area contributed by atoms with Gasteiger partial charge in [-0.05, 0) is 93.3 Å². The molecule has 2 aliphatic rings. The number of aromatic nitrogens is 4. The van der Waals surface area contributed by atoms with Crippen LogP contribution in [0.1, 0.15) is 67.4 Å². The van der Waals surface area contributed by atoms with Crippen LogP contribution in [-0.4, -0.2) is 30.7 Å². The van der Waals surface area contributed by atoms with Gasteiger partial charge in [0.25, 0.3) is 0 Å². The second-order valence-corrected chi connectivity index (χ2v) is 9.81. The molecule has 2 saturated carbocycles. The van der Waals surface area contributed by atoms with Gasteiger partial charge in [0.1, 0.15) is 17.5 Å². The van der Waals surface area contributed by atoms with Gasteiger partial charge in [-0.3, -0.25) is 0 Å². The Kier molecular flexibility index (Phi) is 5.46. The van der Waals surface area contributed by atoms with Gasteiger partial charge in [0, 0.05) is 17.8 Å². The number of nitrogens with zero attached hydrogens (tertiary/aromatic N) is 5. The van der Waals surface area contributed by atoms with Crippen LogP contribution in [0.3, 0.4) is 0 Å². The van der Waals surface area contributed by atoms with Crippen LogP contribution in [0.15, 0.2) is 48.7 Å². The van der Waals surface area contributed by atoms with Crippen molar-refractivity contribution in [2.75, 3.05) is 5.32 Å². The van der Waals surface area contributed by atoms with Gasteiger partial charge in [0.2, 0.25) is 0 Å². The van der Waals surface area contributed by atoms with Gasteiger partial charge in [-0.25, -0.2) is 15.0 Å². The highest BCUT2D eigenvalue weighted by Gasteiger charge is 2.26. The van der Waals surface area contributed by atoms with Gasteiger partial charge in [0.05, 0.1) is 34.5 Å². The van der Waals surface area contributed by atoms with Crippen molar-refractivity contribution in [3.8, 4) is 17.3 Å². The highest BCUT2D eigenvalue weighted by atomic mass is 16.3. The molecule has 3 aromatic heterocycles. The van der Waals surface area contributed by atoms with E-state index < -0.39 is 0 Å². The van der Waals surface area contributed by atoms with E-state index in [1.807, 2.05) is 0 Å². The molecule has 7 heteroatoms. The van der Waals surface area contributed by atoms with Gasteiger partial charge in [-0.15, -0.1) is 0 Å². The van der Waals surface area contributed by atoms with Crippen molar-refractivity contribution >= 4 is 22.7 Å². The number of benzene rings is 1. The summed E-state index contributed by atoms with van der Waals surface area (Å²) in [6, 6.07) is 16.6. The smallest absolute Gasteiger partial charge is 0.132 e. The third kappa shape index (κ3) is 4.38. The average Bonchev–Trinajstić information content (AvgIpc) is 3.67. The SMILES string of the molecule is Cc1nc2ccc(-c3cc(C4CC4)cc(Nc4cc(C#N)ccn4)n3)cc2n1C1CCC(O)CC1. The molecular weight excluding hydrogens is 436 g/mol. The fourth-order valence-electron chi connectivity index (χ4n) is 5.27. The Balaban J connectivity index is 1.39. The summed E-state index contributed by atoms with van der Waals surface area (Å²) in [7, 11) is 0. The molecule has 4 aromatic rings. The number of imidazole rings is 1. The Morgan fingerprint density at radius 3 is 2.57 bits per heavy atom. The third-order valence-corrected chi connectivity index (χ3v) is 7.23. The van der Waals surface area contributed by atoms with Gasteiger partial charge in [-0.2, -0.15) is 5.26 Å². The average molecular weight is 465 g/mol. The summed E-state index contributed by atoms with van der Waals surface area (Å²) >= 11 is 0. The van der Waals surface area contributed by atoms with E-state index in [1.54, 1.807) is 18.3 Å². The molecule has 2 fully saturated rings. The van der Waals surface area contributed by atoms with E-state index >= 15 is 0 Å². The number of anilines is 2. The van der Waals surface area contributed by atoms with E-state index in [0.717, 1.165) is 59.6 Å². The Morgan fingerprint density at radius 1 is 0.971 bits per heavy atom. The summed E-state index contributed by atoms with van der Waals surface area (Å²) in [6.07, 6.45) is 7.46. The minimum Gasteiger partial charge on any atom is -0.393 e. The predicted molar refractivity (Wildman–Crippen MR) is 135 cm³/mol. The molecule has 7 nitrogen and oxygen atoms in total. The third-order valence-electron chi connectivity index (χ3n) is 7.23. The Hall–Kier alpha value is -3.76. The zero-order valence-corrected chi connectivity index (χ0v) is 19.8. The highest BCUT2D eigenvalue weighted by Crippen LogP contribution is 2.42. The molecule has 0 bridgehead atoms. The van der Waals surface area contributed by atoms with Crippen LogP contribution in [0, 0.1) is 18.3 Å². The molecule has 0 aliphatic heterocycles. The van der Waals surface area contributed by atoms with Crippen LogP contribution >= 0.6 is 0 Å². The van der Waals surface area contributed by atoms with Crippen molar-refractivity contribution in [3.05, 3.63) is 65.6 Å². The molecule has 2 N–H and O–H groups in total. The van der Waals surface area contributed by atoms with Gasteiger partial charge in [0.15, 0.2) is 0 Å². The first kappa shape index (κ1) is 21.8. The number of hydrogen-bond acceptors (Lipinski definition) is 6. The summed E-state index contributed by atoms with van der Waals surface area (Å²) in [5.74, 6) is 2.93. The number of nitriles is 1. The lowest BCUT2D eigenvalue weighted by molar-refractivity contribution is 0.111. The zero-order chi connectivity index (χ0) is 23.9. The van der Waals surface area contributed by atoms with Gasteiger partial charge >= 0.3 is 0 Å².